The summed E-state index contributed by atoms with van der Waals surface area (Å²) in [5.74, 6) is 0.234. The van der Waals surface area contributed by atoms with E-state index in [1.807, 2.05) is 44.9 Å². The molecule has 3 aromatic rings. The molecule has 0 aliphatic carbocycles. The zero-order valence-corrected chi connectivity index (χ0v) is 31.9. The fourth-order valence-electron chi connectivity index (χ4n) is 6.54. The second kappa shape index (κ2) is 14.7. The van der Waals surface area contributed by atoms with Gasteiger partial charge >= 0.3 is 12.2 Å². The highest BCUT2D eigenvalue weighted by atomic mass is 127. The van der Waals surface area contributed by atoms with Crippen molar-refractivity contribution in [2.24, 2.45) is 0 Å². The summed E-state index contributed by atoms with van der Waals surface area (Å²) in [6.45, 7) is 8.83. The first-order valence-corrected chi connectivity index (χ1v) is 20.9. The minimum Gasteiger partial charge on any atom is -0.448 e. The third kappa shape index (κ3) is 7.08. The van der Waals surface area contributed by atoms with Crippen molar-refractivity contribution < 1.29 is 23.5 Å². The normalized spacial score (nSPS) is 20.1. The van der Waals surface area contributed by atoms with E-state index in [2.05, 4.69) is 53.8 Å². The first-order chi connectivity index (χ1) is 21.9. The molecule has 9 nitrogen and oxygen atoms in total. The number of pyridine rings is 1. The second-order valence-electron chi connectivity index (χ2n) is 12.7. The summed E-state index contributed by atoms with van der Waals surface area (Å²) in [5.41, 5.74) is 2.04. The van der Waals surface area contributed by atoms with Crippen LogP contribution in [0.1, 0.15) is 76.7 Å². The Bertz CT molecular complexity index is 1690. The van der Waals surface area contributed by atoms with Crippen LogP contribution in [-0.4, -0.2) is 74.9 Å². The molecule has 2 fully saturated rings. The maximum Gasteiger partial charge on any atom is 0.410 e. The molecule has 1 aromatic carbocycles. The number of benzene rings is 1. The van der Waals surface area contributed by atoms with Crippen LogP contribution in [0.25, 0.3) is 21.8 Å². The van der Waals surface area contributed by atoms with Crippen molar-refractivity contribution in [2.75, 3.05) is 31.7 Å². The molecule has 248 valence electrons. The van der Waals surface area contributed by atoms with Gasteiger partial charge in [0.15, 0.2) is 5.82 Å². The minimum absolute atomic E-state index is 0.0288. The fraction of sp³-hybridized carbons (Fsp3) is 0.562. The zero-order valence-electron chi connectivity index (χ0n) is 26.6. The number of thioether (sulfide) groups is 1. The average Bonchev–Trinajstić information content (AvgIpc) is 3.74. The lowest BCUT2D eigenvalue weighted by molar-refractivity contribution is 0.0289. The highest BCUT2D eigenvalue weighted by molar-refractivity contribution is 14.2. The third-order valence-electron chi connectivity index (χ3n) is 8.51. The maximum absolute atomic E-state index is 16.1. The lowest BCUT2D eigenvalue weighted by Gasteiger charge is -2.30. The molecule has 2 aromatic heterocycles. The Labute approximate surface area is 298 Å². The van der Waals surface area contributed by atoms with Crippen molar-refractivity contribution in [2.45, 2.75) is 88.6 Å². The van der Waals surface area contributed by atoms with Crippen molar-refractivity contribution in [3.05, 3.63) is 33.7 Å². The molecule has 2 saturated heterocycles. The molecular weight excluding hydrogens is 808 g/mol. The molecule has 3 unspecified atom stereocenters. The van der Waals surface area contributed by atoms with Gasteiger partial charge in [-0.3, -0.25) is 4.90 Å². The van der Waals surface area contributed by atoms with E-state index in [1.54, 1.807) is 13.8 Å². The summed E-state index contributed by atoms with van der Waals surface area (Å²) in [7, 11) is 1.59. The molecule has 2 amide bonds. The van der Waals surface area contributed by atoms with Crippen LogP contribution in [0, 0.1) is 17.1 Å². The fourth-order valence-corrected chi connectivity index (χ4v) is 8.29. The molecule has 0 saturated carbocycles. The van der Waals surface area contributed by atoms with Crippen molar-refractivity contribution in [3.63, 3.8) is 0 Å². The Morgan fingerprint density at radius 2 is 1.98 bits per heavy atom. The van der Waals surface area contributed by atoms with Crippen molar-refractivity contribution in [3.8, 4) is 6.07 Å². The van der Waals surface area contributed by atoms with E-state index in [0.717, 1.165) is 29.4 Å². The first kappa shape index (κ1) is 35.3. The Morgan fingerprint density at radius 3 is 2.65 bits per heavy atom. The van der Waals surface area contributed by atoms with Gasteiger partial charge in [0.25, 0.3) is 0 Å². The van der Waals surface area contributed by atoms with Gasteiger partial charge in [-0.05, 0) is 114 Å². The third-order valence-corrected chi connectivity index (χ3v) is 11.7. The Morgan fingerprint density at radius 1 is 1.22 bits per heavy atom. The quantitative estimate of drug-likeness (QED) is 0.126. The number of nitrogens with zero attached hydrogens (tertiary/aromatic N) is 5. The smallest absolute Gasteiger partial charge is 0.410 e. The van der Waals surface area contributed by atoms with Crippen LogP contribution in [0.15, 0.2) is 21.6 Å². The van der Waals surface area contributed by atoms with E-state index >= 15 is 4.39 Å². The van der Waals surface area contributed by atoms with Gasteiger partial charge in [0, 0.05) is 47.8 Å². The molecule has 5 rings (SSSR count). The molecule has 4 heterocycles. The van der Waals surface area contributed by atoms with Crippen LogP contribution >= 0.6 is 57.8 Å². The summed E-state index contributed by atoms with van der Waals surface area (Å²) in [6.07, 6.45) is 4.05. The predicted molar refractivity (Wildman–Crippen MR) is 193 cm³/mol. The molecule has 2 aliphatic heterocycles. The van der Waals surface area contributed by atoms with Gasteiger partial charge in [-0.15, -0.1) is 11.8 Å². The van der Waals surface area contributed by atoms with Crippen LogP contribution in [0.3, 0.4) is 0 Å². The molecule has 0 radical (unpaired) electrons. The molecule has 0 spiro atoms. The molecule has 3 atom stereocenters. The molecule has 14 heteroatoms. The van der Waals surface area contributed by atoms with E-state index in [-0.39, 0.29) is 42.2 Å². The van der Waals surface area contributed by atoms with Crippen molar-refractivity contribution in [1.29, 1.82) is 5.26 Å². The Kier molecular flexibility index (Phi) is 11.3. The van der Waals surface area contributed by atoms with Crippen molar-refractivity contribution in [1.82, 2.24) is 19.4 Å². The topological polar surface area (TPSA) is 101 Å². The second-order valence-corrected chi connectivity index (χ2v) is 16.8. The molecule has 0 N–H and O–H groups in total. The number of likely N-dealkylation sites (tertiary alicyclic amines) is 2. The number of hydrogen-bond donors (Lipinski definition) is 0. The number of nitriles is 1. The Hall–Kier alpha value is -1.96. The number of halogens is 3. The van der Waals surface area contributed by atoms with Crippen LogP contribution < -0.4 is 0 Å². The van der Waals surface area contributed by atoms with Gasteiger partial charge in [-0.2, -0.15) is 5.26 Å². The summed E-state index contributed by atoms with van der Waals surface area (Å²) in [4.78, 5) is 35.0. The molecule has 0 bridgehead atoms. The van der Waals surface area contributed by atoms with Gasteiger partial charge in [0.05, 0.1) is 28.1 Å². The van der Waals surface area contributed by atoms with E-state index in [0.29, 0.717) is 58.7 Å². The lowest BCUT2D eigenvalue weighted by Crippen LogP contribution is -2.38. The molecule has 2 aliphatic rings. The maximum atomic E-state index is 16.1. The summed E-state index contributed by atoms with van der Waals surface area (Å²) in [6, 6.07) is 5.74. The van der Waals surface area contributed by atoms with Gasteiger partial charge in [-0.1, -0.05) is 8.93 Å². The van der Waals surface area contributed by atoms with Crippen LogP contribution in [0.5, 0.6) is 0 Å². The lowest BCUT2D eigenvalue weighted by atomic mass is 10.0. The number of fused-ring (bicyclic) bond motifs is 3. The number of ether oxygens (including phenoxy) is 2. The van der Waals surface area contributed by atoms with Gasteiger partial charge in [-0.25, -0.2) is 19.0 Å². The first-order valence-electron chi connectivity index (χ1n) is 15.3. The molecule has 46 heavy (non-hydrogen) atoms. The number of amides is 2. The summed E-state index contributed by atoms with van der Waals surface area (Å²) < 4.78 is 30.1. The number of aromatic nitrogens is 2. The standard InChI is InChI=1S/C32H38BrFIN5O4S2/c1-18-8-9-23(39(18)31(42)43-13-14-46-35)24-16-22-28(40(24)20-10-12-38(17-20)30(41)44-32(2,3)4)21-15-19(7-6-11-36)25(33)26(34)27(21)37-29(22)45-5/h15-16,18,20,23H,6-10,12-14,17H2,1-5H3. The number of carbonyl (C=O) groups excluding carboxylic acids is 2. The van der Waals surface area contributed by atoms with E-state index in [1.165, 1.54) is 11.8 Å². The zero-order chi connectivity index (χ0) is 33.3. The van der Waals surface area contributed by atoms with Gasteiger partial charge in [0.1, 0.15) is 22.8 Å². The largest absolute Gasteiger partial charge is 0.448 e. The monoisotopic (exact) mass is 845 g/mol. The Balaban J connectivity index is 1.73. The highest BCUT2D eigenvalue weighted by Crippen LogP contribution is 2.45. The SMILES string of the molecule is CSc1nc2c(F)c(Br)c(CCC#N)cc2c2c1cc(C1CCC(C)N1C(=O)OCCSI)n2C1CCN(C(=O)OC(C)(C)C)C1. The van der Waals surface area contributed by atoms with Crippen LogP contribution in [-0.2, 0) is 15.9 Å². The van der Waals surface area contributed by atoms with Gasteiger partial charge < -0.3 is 18.9 Å². The number of carbonyl (C=O) groups is 2. The van der Waals surface area contributed by atoms with E-state index < -0.39 is 11.4 Å². The number of hydrogen-bond acceptors (Lipinski definition) is 8. The van der Waals surface area contributed by atoms with E-state index in [9.17, 15) is 14.9 Å². The van der Waals surface area contributed by atoms with Crippen LogP contribution in [0.4, 0.5) is 14.0 Å². The summed E-state index contributed by atoms with van der Waals surface area (Å²) >= 11 is 7.07. The minimum atomic E-state index is -0.628. The summed E-state index contributed by atoms with van der Waals surface area (Å²) in [5, 5.41) is 11.5. The average molecular weight is 847 g/mol. The van der Waals surface area contributed by atoms with Crippen LogP contribution in [0.2, 0.25) is 0 Å². The van der Waals surface area contributed by atoms with Gasteiger partial charge in [0.2, 0.25) is 0 Å². The highest BCUT2D eigenvalue weighted by Gasteiger charge is 2.41. The number of rotatable bonds is 8. The van der Waals surface area contributed by atoms with E-state index in [4.69, 9.17) is 14.5 Å². The predicted octanol–water partition coefficient (Wildman–Crippen LogP) is 9.20. The molecular formula is C32H38BrFIN5O4S2. The van der Waals surface area contributed by atoms with Crippen molar-refractivity contribution >= 4 is 91.8 Å². The number of aryl methyl sites for hydroxylation is 1.